The summed E-state index contributed by atoms with van der Waals surface area (Å²) in [6.07, 6.45) is 1.09. The molecule has 0 spiro atoms. The molecule has 2 heteroatoms. The van der Waals surface area contributed by atoms with Gasteiger partial charge in [0.05, 0.1) is 6.61 Å². The van der Waals surface area contributed by atoms with Gasteiger partial charge in [-0.2, -0.15) is 0 Å². The predicted octanol–water partition coefficient (Wildman–Crippen LogP) is 3.13. The molecule has 15 heavy (non-hydrogen) atoms. The van der Waals surface area contributed by atoms with Crippen molar-refractivity contribution in [2.75, 3.05) is 6.61 Å². The summed E-state index contributed by atoms with van der Waals surface area (Å²) >= 11 is 0. The summed E-state index contributed by atoms with van der Waals surface area (Å²) in [6.45, 7) is 7.16. The van der Waals surface area contributed by atoms with Crippen LogP contribution in [0.4, 0.5) is 0 Å². The van der Waals surface area contributed by atoms with Crippen LogP contribution in [-0.4, -0.2) is 6.61 Å². The summed E-state index contributed by atoms with van der Waals surface area (Å²) in [4.78, 5) is 0. The molecule has 1 atom stereocenters. The van der Waals surface area contributed by atoms with E-state index in [1.54, 1.807) is 0 Å². The SMILES string of the molecule is CC(C)CCOc1ccc([C@H](C)N)cc1. The van der Waals surface area contributed by atoms with Crippen molar-refractivity contribution in [3.8, 4) is 5.75 Å². The third kappa shape index (κ3) is 4.34. The number of rotatable bonds is 5. The first-order chi connectivity index (χ1) is 7.09. The van der Waals surface area contributed by atoms with Gasteiger partial charge in [-0.05, 0) is 37.0 Å². The van der Waals surface area contributed by atoms with Crippen molar-refractivity contribution in [1.29, 1.82) is 0 Å². The van der Waals surface area contributed by atoms with Crippen molar-refractivity contribution in [1.82, 2.24) is 0 Å². The second-order valence-electron chi connectivity index (χ2n) is 4.39. The fourth-order valence-corrected chi connectivity index (χ4v) is 1.28. The van der Waals surface area contributed by atoms with Crippen LogP contribution >= 0.6 is 0 Å². The van der Waals surface area contributed by atoms with Gasteiger partial charge in [0.15, 0.2) is 0 Å². The minimum atomic E-state index is 0.0923. The zero-order valence-corrected chi connectivity index (χ0v) is 9.86. The molecule has 0 bridgehead atoms. The molecule has 0 heterocycles. The molecule has 84 valence electrons. The van der Waals surface area contributed by atoms with Crippen LogP contribution in [0.15, 0.2) is 24.3 Å². The Morgan fingerprint density at radius 3 is 2.20 bits per heavy atom. The molecular formula is C13H21NO. The molecule has 0 amide bonds. The van der Waals surface area contributed by atoms with Crippen LogP contribution in [0.3, 0.4) is 0 Å². The van der Waals surface area contributed by atoms with Gasteiger partial charge in [0.25, 0.3) is 0 Å². The van der Waals surface area contributed by atoms with Gasteiger partial charge in [0, 0.05) is 6.04 Å². The Bertz CT molecular complexity index is 277. The second kappa shape index (κ2) is 5.76. The van der Waals surface area contributed by atoms with E-state index in [1.165, 1.54) is 0 Å². The van der Waals surface area contributed by atoms with Gasteiger partial charge < -0.3 is 10.5 Å². The molecule has 0 saturated heterocycles. The van der Waals surface area contributed by atoms with Gasteiger partial charge >= 0.3 is 0 Å². The van der Waals surface area contributed by atoms with E-state index in [9.17, 15) is 0 Å². The molecule has 0 aliphatic carbocycles. The molecule has 0 aromatic heterocycles. The topological polar surface area (TPSA) is 35.2 Å². The van der Waals surface area contributed by atoms with Gasteiger partial charge in [-0.25, -0.2) is 0 Å². The van der Waals surface area contributed by atoms with Crippen molar-refractivity contribution in [3.63, 3.8) is 0 Å². The lowest BCUT2D eigenvalue weighted by atomic mass is 10.1. The average molecular weight is 207 g/mol. The summed E-state index contributed by atoms with van der Waals surface area (Å²) < 4.78 is 5.61. The molecule has 1 aromatic rings. The third-order valence-electron chi connectivity index (χ3n) is 2.37. The highest BCUT2D eigenvalue weighted by molar-refractivity contribution is 5.28. The first-order valence-corrected chi connectivity index (χ1v) is 5.58. The zero-order chi connectivity index (χ0) is 11.3. The standard InChI is InChI=1S/C13H21NO/c1-10(2)8-9-15-13-6-4-12(5-7-13)11(3)14/h4-7,10-11H,8-9,14H2,1-3H3/t11-/m0/s1. The largest absolute Gasteiger partial charge is 0.494 e. The molecule has 0 aliphatic heterocycles. The molecule has 0 saturated carbocycles. The number of nitrogens with two attached hydrogens (primary N) is 1. The number of hydrogen-bond donors (Lipinski definition) is 1. The monoisotopic (exact) mass is 207 g/mol. The minimum absolute atomic E-state index is 0.0923. The second-order valence-corrected chi connectivity index (χ2v) is 4.39. The highest BCUT2D eigenvalue weighted by Gasteiger charge is 2.00. The van der Waals surface area contributed by atoms with E-state index in [1.807, 2.05) is 31.2 Å². The van der Waals surface area contributed by atoms with Crippen LogP contribution in [0.25, 0.3) is 0 Å². The zero-order valence-electron chi connectivity index (χ0n) is 9.86. The Morgan fingerprint density at radius 1 is 1.13 bits per heavy atom. The number of benzene rings is 1. The quantitative estimate of drug-likeness (QED) is 0.805. The van der Waals surface area contributed by atoms with Crippen LogP contribution in [-0.2, 0) is 0 Å². The molecular weight excluding hydrogens is 186 g/mol. The maximum atomic E-state index is 5.76. The summed E-state index contributed by atoms with van der Waals surface area (Å²) in [5.74, 6) is 1.62. The van der Waals surface area contributed by atoms with E-state index in [0.717, 1.165) is 24.3 Å². The lowest BCUT2D eigenvalue weighted by molar-refractivity contribution is 0.289. The molecule has 1 aromatic carbocycles. The van der Waals surface area contributed by atoms with E-state index in [4.69, 9.17) is 10.5 Å². The van der Waals surface area contributed by atoms with Gasteiger partial charge in [-0.3, -0.25) is 0 Å². The summed E-state index contributed by atoms with van der Waals surface area (Å²) in [7, 11) is 0. The van der Waals surface area contributed by atoms with Gasteiger partial charge in [-0.15, -0.1) is 0 Å². The highest BCUT2D eigenvalue weighted by Crippen LogP contribution is 2.16. The Labute approximate surface area is 92.4 Å². The Morgan fingerprint density at radius 2 is 1.73 bits per heavy atom. The predicted molar refractivity (Wildman–Crippen MR) is 64.0 cm³/mol. The maximum Gasteiger partial charge on any atom is 0.119 e. The van der Waals surface area contributed by atoms with Crippen molar-refractivity contribution in [2.24, 2.45) is 11.7 Å². The Hall–Kier alpha value is -1.02. The Balaban J connectivity index is 2.43. The van der Waals surface area contributed by atoms with E-state index in [-0.39, 0.29) is 6.04 Å². The number of ether oxygens (including phenoxy) is 1. The van der Waals surface area contributed by atoms with E-state index in [0.29, 0.717) is 5.92 Å². The minimum Gasteiger partial charge on any atom is -0.494 e. The highest BCUT2D eigenvalue weighted by atomic mass is 16.5. The van der Waals surface area contributed by atoms with Crippen LogP contribution in [0, 0.1) is 5.92 Å². The first-order valence-electron chi connectivity index (χ1n) is 5.58. The molecule has 0 aliphatic rings. The normalized spacial score (nSPS) is 12.9. The fraction of sp³-hybridized carbons (Fsp3) is 0.538. The van der Waals surface area contributed by atoms with Crippen molar-refractivity contribution in [2.45, 2.75) is 33.2 Å². The van der Waals surface area contributed by atoms with Crippen LogP contribution in [0.1, 0.15) is 38.8 Å². The van der Waals surface area contributed by atoms with Crippen LogP contribution < -0.4 is 10.5 Å². The summed E-state index contributed by atoms with van der Waals surface area (Å²) in [6, 6.07) is 8.11. The van der Waals surface area contributed by atoms with Gasteiger partial charge in [0.1, 0.15) is 5.75 Å². The average Bonchev–Trinajstić information content (AvgIpc) is 2.18. The molecule has 1 rings (SSSR count). The van der Waals surface area contributed by atoms with Gasteiger partial charge in [0.2, 0.25) is 0 Å². The van der Waals surface area contributed by atoms with Crippen molar-refractivity contribution in [3.05, 3.63) is 29.8 Å². The maximum absolute atomic E-state index is 5.76. The number of hydrogen-bond acceptors (Lipinski definition) is 2. The van der Waals surface area contributed by atoms with Gasteiger partial charge in [-0.1, -0.05) is 26.0 Å². The van der Waals surface area contributed by atoms with Crippen LogP contribution in [0.5, 0.6) is 5.75 Å². The molecule has 0 fully saturated rings. The molecule has 2 N–H and O–H groups in total. The first kappa shape index (κ1) is 12.1. The van der Waals surface area contributed by atoms with E-state index >= 15 is 0 Å². The fourth-order valence-electron chi connectivity index (χ4n) is 1.28. The molecule has 0 radical (unpaired) electrons. The van der Waals surface area contributed by atoms with E-state index < -0.39 is 0 Å². The summed E-state index contributed by atoms with van der Waals surface area (Å²) in [5, 5.41) is 0. The lowest BCUT2D eigenvalue weighted by Crippen LogP contribution is -2.05. The van der Waals surface area contributed by atoms with Crippen molar-refractivity contribution < 1.29 is 4.74 Å². The van der Waals surface area contributed by atoms with Crippen LogP contribution in [0.2, 0.25) is 0 Å². The molecule has 2 nitrogen and oxygen atoms in total. The Kier molecular flexibility index (Phi) is 4.63. The van der Waals surface area contributed by atoms with E-state index in [2.05, 4.69) is 13.8 Å². The smallest absolute Gasteiger partial charge is 0.119 e. The summed E-state index contributed by atoms with van der Waals surface area (Å²) in [5.41, 5.74) is 6.91. The third-order valence-corrected chi connectivity index (χ3v) is 2.37. The lowest BCUT2D eigenvalue weighted by Gasteiger charge is -2.09. The molecule has 0 unspecified atom stereocenters. The van der Waals surface area contributed by atoms with Crippen molar-refractivity contribution >= 4 is 0 Å².